The van der Waals surface area contributed by atoms with E-state index in [1.54, 1.807) is 12.1 Å². The van der Waals surface area contributed by atoms with Crippen molar-refractivity contribution in [3.63, 3.8) is 0 Å². The Bertz CT molecular complexity index is 606. The number of ether oxygens (including phenoxy) is 1. The van der Waals surface area contributed by atoms with Crippen molar-refractivity contribution in [1.82, 2.24) is 9.97 Å². The third kappa shape index (κ3) is 2.19. The number of aromatic nitrogens is 2. The molecule has 18 heavy (non-hydrogen) atoms. The molecule has 0 aliphatic heterocycles. The fourth-order valence-electron chi connectivity index (χ4n) is 1.45. The van der Waals surface area contributed by atoms with Gasteiger partial charge in [-0.1, -0.05) is 12.1 Å². The van der Waals surface area contributed by atoms with Crippen LogP contribution in [0.4, 0.5) is 5.69 Å². The molecule has 7 nitrogen and oxygen atoms in total. The Hall–Kier alpha value is -2.70. The third-order valence-corrected chi connectivity index (χ3v) is 2.31. The number of imidazole rings is 1. The van der Waals surface area contributed by atoms with Gasteiger partial charge in [-0.25, -0.2) is 9.78 Å². The van der Waals surface area contributed by atoms with Crippen molar-refractivity contribution in [3.8, 4) is 11.4 Å². The minimum atomic E-state index is -0.542. The number of benzene rings is 1. The van der Waals surface area contributed by atoms with Crippen LogP contribution in [0.3, 0.4) is 0 Å². The summed E-state index contributed by atoms with van der Waals surface area (Å²) in [6.45, 7) is 0. The summed E-state index contributed by atoms with van der Waals surface area (Å²) in [4.78, 5) is 28.1. The van der Waals surface area contributed by atoms with Gasteiger partial charge in [-0.3, -0.25) is 10.1 Å². The highest BCUT2D eigenvalue weighted by molar-refractivity contribution is 5.87. The van der Waals surface area contributed by atoms with Gasteiger partial charge in [-0.05, 0) is 0 Å². The molecule has 1 aromatic carbocycles. The van der Waals surface area contributed by atoms with E-state index in [1.165, 1.54) is 25.4 Å². The first-order valence-corrected chi connectivity index (χ1v) is 5.00. The Labute approximate surface area is 102 Å². The summed E-state index contributed by atoms with van der Waals surface area (Å²) < 4.78 is 4.53. The van der Waals surface area contributed by atoms with Gasteiger partial charge in [0.05, 0.1) is 18.2 Å². The van der Waals surface area contributed by atoms with Crippen LogP contribution >= 0.6 is 0 Å². The molecule has 2 rings (SSSR count). The van der Waals surface area contributed by atoms with E-state index in [0.717, 1.165) is 0 Å². The van der Waals surface area contributed by atoms with Crippen LogP contribution in [-0.2, 0) is 4.74 Å². The first-order valence-electron chi connectivity index (χ1n) is 5.00. The number of hydrogen-bond acceptors (Lipinski definition) is 5. The maximum absolute atomic E-state index is 11.2. The summed E-state index contributed by atoms with van der Waals surface area (Å²) in [6, 6.07) is 5.97. The van der Waals surface area contributed by atoms with Gasteiger partial charge in [0.1, 0.15) is 11.5 Å². The fraction of sp³-hybridized carbons (Fsp3) is 0.0909. The van der Waals surface area contributed by atoms with Crippen LogP contribution in [0.15, 0.2) is 30.5 Å². The Kier molecular flexibility index (Phi) is 3.05. The van der Waals surface area contributed by atoms with E-state index in [0.29, 0.717) is 11.4 Å². The summed E-state index contributed by atoms with van der Waals surface area (Å²) in [5.74, 6) is -0.168. The molecule has 0 fully saturated rings. The van der Waals surface area contributed by atoms with E-state index >= 15 is 0 Å². The van der Waals surface area contributed by atoms with E-state index < -0.39 is 10.9 Å². The summed E-state index contributed by atoms with van der Waals surface area (Å²) in [6.07, 6.45) is 1.32. The second-order valence-electron chi connectivity index (χ2n) is 3.44. The zero-order valence-corrected chi connectivity index (χ0v) is 9.41. The van der Waals surface area contributed by atoms with Crippen molar-refractivity contribution in [2.45, 2.75) is 0 Å². The topological polar surface area (TPSA) is 98.1 Å². The van der Waals surface area contributed by atoms with Gasteiger partial charge in [0.15, 0.2) is 0 Å². The van der Waals surface area contributed by atoms with Gasteiger partial charge in [0, 0.05) is 17.7 Å². The van der Waals surface area contributed by atoms with E-state index in [9.17, 15) is 14.9 Å². The molecule has 0 bridgehead atoms. The second-order valence-corrected chi connectivity index (χ2v) is 3.44. The maximum Gasteiger partial charge on any atom is 0.356 e. The summed E-state index contributed by atoms with van der Waals surface area (Å²) in [7, 11) is 1.26. The normalized spacial score (nSPS) is 10.1. The highest BCUT2D eigenvalue weighted by Gasteiger charge is 2.12. The standard InChI is InChI=1S/C11H9N3O4/c1-18-11(15)9-6-12-10(13-9)7-3-2-4-8(5-7)14(16)17/h2-6H,1H3,(H,12,13). The Morgan fingerprint density at radius 3 is 2.94 bits per heavy atom. The molecule has 0 spiro atoms. The summed E-state index contributed by atoms with van der Waals surface area (Å²) in [5.41, 5.74) is 0.682. The molecule has 0 unspecified atom stereocenters. The van der Waals surface area contributed by atoms with E-state index in [-0.39, 0.29) is 11.4 Å². The maximum atomic E-state index is 11.2. The molecule has 2 aromatic rings. The lowest BCUT2D eigenvalue weighted by Gasteiger charge is -1.97. The van der Waals surface area contributed by atoms with Gasteiger partial charge < -0.3 is 9.72 Å². The van der Waals surface area contributed by atoms with E-state index in [1.807, 2.05) is 0 Å². The lowest BCUT2D eigenvalue weighted by molar-refractivity contribution is -0.384. The molecule has 92 valence electrons. The predicted octanol–water partition coefficient (Wildman–Crippen LogP) is 1.77. The number of nitrogens with one attached hydrogen (secondary N) is 1. The first kappa shape index (κ1) is 11.8. The van der Waals surface area contributed by atoms with Crippen molar-refractivity contribution in [3.05, 3.63) is 46.3 Å². The molecule has 0 saturated carbocycles. The molecule has 0 radical (unpaired) electrons. The molecule has 0 aliphatic carbocycles. The number of esters is 1. The zero-order valence-electron chi connectivity index (χ0n) is 9.41. The molecule has 0 amide bonds. The van der Waals surface area contributed by atoms with Gasteiger partial charge in [-0.2, -0.15) is 0 Å². The molecule has 0 atom stereocenters. The number of carbonyl (C=O) groups excluding carboxylic acids is 1. The minimum Gasteiger partial charge on any atom is -0.464 e. The van der Waals surface area contributed by atoms with Crippen LogP contribution in [0.25, 0.3) is 11.4 Å². The summed E-state index contributed by atoms with van der Waals surface area (Å²) in [5, 5.41) is 10.6. The number of H-pyrrole nitrogens is 1. The van der Waals surface area contributed by atoms with E-state index in [2.05, 4.69) is 14.7 Å². The van der Waals surface area contributed by atoms with Crippen LogP contribution in [0.5, 0.6) is 0 Å². The van der Waals surface area contributed by atoms with Crippen LogP contribution in [-0.4, -0.2) is 28.0 Å². The molecular formula is C11H9N3O4. The van der Waals surface area contributed by atoms with Gasteiger partial charge >= 0.3 is 5.97 Å². The van der Waals surface area contributed by atoms with Crippen LogP contribution < -0.4 is 0 Å². The monoisotopic (exact) mass is 247 g/mol. The average molecular weight is 247 g/mol. The number of hydrogen-bond donors (Lipinski definition) is 1. The lowest BCUT2D eigenvalue weighted by atomic mass is 10.2. The second kappa shape index (κ2) is 4.66. The molecule has 7 heteroatoms. The molecule has 1 N–H and O–H groups in total. The van der Waals surface area contributed by atoms with E-state index in [4.69, 9.17) is 0 Å². The van der Waals surface area contributed by atoms with Crippen LogP contribution in [0.2, 0.25) is 0 Å². The number of rotatable bonds is 3. The average Bonchev–Trinajstić information content (AvgIpc) is 2.87. The first-order chi connectivity index (χ1) is 8.61. The Morgan fingerprint density at radius 2 is 2.28 bits per heavy atom. The smallest absolute Gasteiger partial charge is 0.356 e. The fourth-order valence-corrected chi connectivity index (χ4v) is 1.45. The van der Waals surface area contributed by atoms with Crippen molar-refractivity contribution in [2.24, 2.45) is 0 Å². The number of nitro benzene ring substituents is 1. The van der Waals surface area contributed by atoms with Gasteiger partial charge in [0.2, 0.25) is 0 Å². The largest absolute Gasteiger partial charge is 0.464 e. The lowest BCUT2D eigenvalue weighted by Crippen LogP contribution is -2.00. The van der Waals surface area contributed by atoms with Gasteiger partial charge in [0.25, 0.3) is 5.69 Å². The molecule has 1 aromatic heterocycles. The summed E-state index contributed by atoms with van der Waals surface area (Å²) >= 11 is 0. The third-order valence-electron chi connectivity index (χ3n) is 2.31. The zero-order chi connectivity index (χ0) is 13.1. The van der Waals surface area contributed by atoms with Gasteiger partial charge in [-0.15, -0.1) is 0 Å². The molecule has 0 aliphatic rings. The highest BCUT2D eigenvalue weighted by atomic mass is 16.6. The van der Waals surface area contributed by atoms with Crippen molar-refractivity contribution in [1.29, 1.82) is 0 Å². The number of nitrogens with zero attached hydrogens (tertiary/aromatic N) is 2. The number of methoxy groups -OCH3 is 1. The van der Waals surface area contributed by atoms with Crippen molar-refractivity contribution < 1.29 is 14.5 Å². The highest BCUT2D eigenvalue weighted by Crippen LogP contribution is 2.21. The number of nitro groups is 1. The molecule has 1 heterocycles. The SMILES string of the molecule is COC(=O)c1cnc(-c2cccc([N+](=O)[O-])c2)[nH]1. The number of carbonyl (C=O) groups is 1. The molecule has 0 saturated heterocycles. The quantitative estimate of drug-likeness (QED) is 0.506. The minimum absolute atomic E-state index is 0.0384. The number of aromatic amines is 1. The Morgan fingerprint density at radius 1 is 1.50 bits per heavy atom. The van der Waals surface area contributed by atoms with Crippen molar-refractivity contribution in [2.75, 3.05) is 7.11 Å². The Balaban J connectivity index is 2.37. The van der Waals surface area contributed by atoms with Crippen LogP contribution in [0, 0.1) is 10.1 Å². The van der Waals surface area contributed by atoms with Crippen LogP contribution in [0.1, 0.15) is 10.5 Å². The number of non-ortho nitro benzene ring substituents is 1. The van der Waals surface area contributed by atoms with Crippen molar-refractivity contribution >= 4 is 11.7 Å². The molecular weight excluding hydrogens is 238 g/mol. The predicted molar refractivity (Wildman–Crippen MR) is 62.0 cm³/mol.